The molecule has 1 aliphatic heterocycles. The number of fused-ring (bicyclic) bond motifs is 2. The van der Waals surface area contributed by atoms with E-state index in [-0.39, 0.29) is 41.8 Å². The van der Waals surface area contributed by atoms with Crippen LogP contribution in [0.3, 0.4) is 0 Å². The van der Waals surface area contributed by atoms with E-state index in [0.717, 1.165) is 47.6 Å². The third-order valence-corrected chi connectivity index (χ3v) is 9.97. The van der Waals surface area contributed by atoms with Crippen molar-refractivity contribution in [1.82, 2.24) is 14.2 Å². The van der Waals surface area contributed by atoms with Gasteiger partial charge in [0.05, 0.1) is 4.90 Å². The summed E-state index contributed by atoms with van der Waals surface area (Å²) in [4.78, 5) is 19.9. The minimum absolute atomic E-state index is 0. The molecule has 1 saturated heterocycles. The fraction of sp³-hybridized carbons (Fsp3) is 0.267. The van der Waals surface area contributed by atoms with Gasteiger partial charge in [0.2, 0.25) is 10.0 Å². The summed E-state index contributed by atoms with van der Waals surface area (Å²) >= 11 is 6.10. The third-order valence-electron chi connectivity index (χ3n) is 7.81. The summed E-state index contributed by atoms with van der Waals surface area (Å²) in [5.41, 5.74) is 2.69. The molecule has 202 valence electrons. The number of amides is 1. The number of carbonyl (C=O) groups is 1. The zero-order valence-corrected chi connectivity index (χ0v) is 23.6. The summed E-state index contributed by atoms with van der Waals surface area (Å²) in [6, 6.07) is 21.8. The molecule has 1 saturated carbocycles. The fourth-order valence-electron chi connectivity index (χ4n) is 5.89. The van der Waals surface area contributed by atoms with Crippen LogP contribution in [0.4, 0.5) is 0 Å². The van der Waals surface area contributed by atoms with Crippen molar-refractivity contribution in [2.75, 3.05) is 13.1 Å². The highest BCUT2D eigenvalue weighted by molar-refractivity contribution is 7.89. The summed E-state index contributed by atoms with van der Waals surface area (Å²) in [7, 11) is -3.73. The maximum Gasteiger partial charge on any atom is 0.254 e. The molecular weight excluding hydrogens is 553 g/mol. The highest BCUT2D eigenvalue weighted by Crippen LogP contribution is 2.35. The number of hydrogen-bond acceptors (Lipinski definition) is 4. The van der Waals surface area contributed by atoms with Crippen molar-refractivity contribution in [2.24, 2.45) is 0 Å². The zero-order chi connectivity index (χ0) is 26.3. The second-order valence-corrected chi connectivity index (χ2v) is 12.3. The van der Waals surface area contributed by atoms with Gasteiger partial charge in [-0.3, -0.25) is 9.78 Å². The van der Waals surface area contributed by atoms with Gasteiger partial charge in [0.15, 0.2) is 0 Å². The molecule has 2 aliphatic rings. The standard InChI is InChI=1S/C30H28ClN3O3S.ClH/c31-26-11-9-25-20-27(12-10-24(25)19-26)38(36,37)34-18-17-33(28-3-1-2-4-29(28)34)30(35)23-7-5-21(6-8-23)22-13-15-32-16-14-22;/h5-16,19-20,28-29H,1-4,17-18H2;1H. The lowest BCUT2D eigenvalue weighted by atomic mass is 9.87. The van der Waals surface area contributed by atoms with Crippen molar-refractivity contribution in [3.8, 4) is 11.1 Å². The molecule has 0 radical (unpaired) electrons. The topological polar surface area (TPSA) is 70.6 Å². The van der Waals surface area contributed by atoms with E-state index in [4.69, 9.17) is 11.6 Å². The molecule has 3 aromatic carbocycles. The van der Waals surface area contributed by atoms with E-state index in [9.17, 15) is 13.2 Å². The maximum atomic E-state index is 13.9. The monoisotopic (exact) mass is 581 g/mol. The SMILES string of the molecule is Cl.O=C(c1ccc(-c2ccncc2)cc1)N1CCN(S(=O)(=O)c2ccc3cc(Cl)ccc3c2)C2CCCCC21. The van der Waals surface area contributed by atoms with Crippen LogP contribution in [0.15, 0.2) is 90.1 Å². The minimum atomic E-state index is -3.73. The van der Waals surface area contributed by atoms with Gasteiger partial charge in [0.1, 0.15) is 0 Å². The van der Waals surface area contributed by atoms with E-state index < -0.39 is 10.0 Å². The number of carbonyl (C=O) groups excluding carboxylic acids is 1. The van der Waals surface area contributed by atoms with Crippen LogP contribution in [-0.4, -0.2) is 53.7 Å². The molecule has 6 nitrogen and oxygen atoms in total. The molecular formula is C30H29Cl2N3O3S. The van der Waals surface area contributed by atoms with Gasteiger partial charge in [-0.1, -0.05) is 48.7 Å². The van der Waals surface area contributed by atoms with E-state index in [1.54, 1.807) is 34.9 Å². The Balaban J connectivity index is 0.00000308. The van der Waals surface area contributed by atoms with Crippen LogP contribution in [0.1, 0.15) is 36.0 Å². The minimum Gasteiger partial charge on any atom is -0.333 e. The average molecular weight is 583 g/mol. The second-order valence-electron chi connectivity index (χ2n) is 10.00. The number of nitrogens with zero attached hydrogens (tertiary/aromatic N) is 3. The van der Waals surface area contributed by atoms with Crippen LogP contribution in [0.5, 0.6) is 0 Å². The Bertz CT molecular complexity index is 1600. The molecule has 1 aromatic heterocycles. The van der Waals surface area contributed by atoms with E-state index in [0.29, 0.717) is 17.1 Å². The van der Waals surface area contributed by atoms with E-state index in [1.807, 2.05) is 59.5 Å². The number of rotatable bonds is 4. The Morgan fingerprint density at radius 3 is 2.18 bits per heavy atom. The quantitative estimate of drug-likeness (QED) is 0.278. The number of aromatic nitrogens is 1. The first-order valence-corrected chi connectivity index (χ1v) is 14.8. The number of halogens is 2. The molecule has 0 bridgehead atoms. The van der Waals surface area contributed by atoms with Crippen molar-refractivity contribution in [3.05, 3.63) is 95.8 Å². The molecule has 2 unspecified atom stereocenters. The molecule has 39 heavy (non-hydrogen) atoms. The summed E-state index contributed by atoms with van der Waals surface area (Å²) in [5, 5.41) is 2.35. The number of sulfonamides is 1. The van der Waals surface area contributed by atoms with E-state index in [1.165, 1.54) is 0 Å². The van der Waals surface area contributed by atoms with E-state index >= 15 is 0 Å². The van der Waals surface area contributed by atoms with Crippen molar-refractivity contribution in [2.45, 2.75) is 42.7 Å². The van der Waals surface area contributed by atoms with Crippen LogP contribution in [0, 0.1) is 0 Å². The highest BCUT2D eigenvalue weighted by atomic mass is 35.5. The maximum absolute atomic E-state index is 13.9. The summed E-state index contributed by atoms with van der Waals surface area (Å²) in [5.74, 6) is -0.0391. The number of hydrogen-bond donors (Lipinski definition) is 0. The normalized spacial score (nSPS) is 19.8. The van der Waals surface area contributed by atoms with Gasteiger partial charge in [-0.15, -0.1) is 12.4 Å². The first-order chi connectivity index (χ1) is 18.4. The molecule has 1 amide bonds. The van der Waals surface area contributed by atoms with E-state index in [2.05, 4.69) is 4.98 Å². The lowest BCUT2D eigenvalue weighted by Crippen LogP contribution is -2.63. The Morgan fingerprint density at radius 1 is 0.795 bits per heavy atom. The van der Waals surface area contributed by atoms with Crippen LogP contribution in [-0.2, 0) is 10.0 Å². The van der Waals surface area contributed by atoms with Crippen LogP contribution >= 0.6 is 24.0 Å². The summed E-state index contributed by atoms with van der Waals surface area (Å²) in [6.07, 6.45) is 6.98. The molecule has 6 rings (SSSR count). The van der Waals surface area contributed by atoms with Gasteiger partial charge in [-0.25, -0.2) is 8.42 Å². The Kier molecular flexibility index (Phi) is 7.96. The number of benzene rings is 3. The van der Waals surface area contributed by atoms with Gasteiger partial charge >= 0.3 is 0 Å². The molecule has 2 atom stereocenters. The molecule has 0 N–H and O–H groups in total. The molecule has 0 spiro atoms. The third kappa shape index (κ3) is 5.29. The second kappa shape index (κ2) is 11.3. The zero-order valence-electron chi connectivity index (χ0n) is 21.2. The number of piperazine rings is 1. The predicted octanol–water partition coefficient (Wildman–Crippen LogP) is 6.43. The van der Waals surface area contributed by atoms with Crippen LogP contribution in [0.25, 0.3) is 21.9 Å². The van der Waals surface area contributed by atoms with Crippen molar-refractivity contribution < 1.29 is 13.2 Å². The van der Waals surface area contributed by atoms with Gasteiger partial charge < -0.3 is 4.90 Å². The van der Waals surface area contributed by atoms with Crippen molar-refractivity contribution in [3.63, 3.8) is 0 Å². The van der Waals surface area contributed by atoms with Gasteiger partial charge in [-0.05, 0) is 83.3 Å². The Hall–Kier alpha value is -2.97. The fourth-order valence-corrected chi connectivity index (χ4v) is 7.78. The van der Waals surface area contributed by atoms with Crippen molar-refractivity contribution >= 4 is 50.7 Å². The Morgan fingerprint density at radius 2 is 1.44 bits per heavy atom. The molecule has 2 fully saturated rings. The summed E-state index contributed by atoms with van der Waals surface area (Å²) < 4.78 is 29.4. The largest absolute Gasteiger partial charge is 0.333 e. The Labute approximate surface area is 240 Å². The van der Waals surface area contributed by atoms with Crippen LogP contribution in [0.2, 0.25) is 5.02 Å². The lowest BCUT2D eigenvalue weighted by Gasteiger charge is -2.49. The van der Waals surface area contributed by atoms with Crippen molar-refractivity contribution in [1.29, 1.82) is 0 Å². The molecule has 4 aromatic rings. The summed E-state index contributed by atoms with van der Waals surface area (Å²) in [6.45, 7) is 0.650. The first-order valence-electron chi connectivity index (χ1n) is 12.9. The molecule has 1 aliphatic carbocycles. The molecule has 9 heteroatoms. The van der Waals surface area contributed by atoms with Crippen LogP contribution < -0.4 is 0 Å². The first kappa shape index (κ1) is 27.6. The molecule has 2 heterocycles. The smallest absolute Gasteiger partial charge is 0.254 e. The van der Waals surface area contributed by atoms with Gasteiger partial charge in [-0.2, -0.15) is 4.31 Å². The lowest BCUT2D eigenvalue weighted by molar-refractivity contribution is 0.0291. The number of pyridine rings is 1. The predicted molar refractivity (Wildman–Crippen MR) is 157 cm³/mol. The highest BCUT2D eigenvalue weighted by Gasteiger charge is 2.45. The average Bonchev–Trinajstić information content (AvgIpc) is 2.96. The van der Waals surface area contributed by atoms with Gasteiger partial charge in [0, 0.05) is 48.2 Å². The van der Waals surface area contributed by atoms with Gasteiger partial charge in [0.25, 0.3) is 5.91 Å².